The van der Waals surface area contributed by atoms with Crippen molar-refractivity contribution in [3.63, 3.8) is 0 Å². The first kappa shape index (κ1) is 17.8. The summed E-state index contributed by atoms with van der Waals surface area (Å²) in [6, 6.07) is 7.67. The molecule has 1 saturated heterocycles. The lowest BCUT2D eigenvalue weighted by molar-refractivity contribution is -0.137. The summed E-state index contributed by atoms with van der Waals surface area (Å²) in [4.78, 5) is 29.4. The Morgan fingerprint density at radius 1 is 1.19 bits per heavy atom. The van der Waals surface area contributed by atoms with E-state index in [0.29, 0.717) is 37.7 Å². The first-order valence-electron chi connectivity index (χ1n) is 8.12. The molecule has 2 heterocycles. The standard InChI is InChI=1S/C18H18FN3O4/c19-14-9-13(10-20-11-14)18(24)21-15-1-3-16(4-2-15)26-12-17(23)22-5-7-25-8-6-22/h1-4,9-11H,5-8,12H2,(H,21,24). The molecule has 7 nitrogen and oxygen atoms in total. The molecular weight excluding hydrogens is 341 g/mol. The third-order valence-corrected chi connectivity index (χ3v) is 3.81. The van der Waals surface area contributed by atoms with E-state index < -0.39 is 11.7 Å². The molecule has 0 atom stereocenters. The predicted molar refractivity (Wildman–Crippen MR) is 91.5 cm³/mol. The van der Waals surface area contributed by atoms with Crippen LogP contribution in [0, 0.1) is 5.82 Å². The van der Waals surface area contributed by atoms with Gasteiger partial charge in [0.2, 0.25) is 0 Å². The number of hydrogen-bond acceptors (Lipinski definition) is 5. The summed E-state index contributed by atoms with van der Waals surface area (Å²) < 4.78 is 23.8. The van der Waals surface area contributed by atoms with Gasteiger partial charge in [0.1, 0.15) is 11.6 Å². The van der Waals surface area contributed by atoms with Crippen LogP contribution in [0.4, 0.5) is 10.1 Å². The quantitative estimate of drug-likeness (QED) is 0.879. The molecule has 1 N–H and O–H groups in total. The number of aromatic nitrogens is 1. The molecule has 3 rings (SSSR count). The Kier molecular flexibility index (Phi) is 5.75. The van der Waals surface area contributed by atoms with Crippen LogP contribution >= 0.6 is 0 Å². The van der Waals surface area contributed by atoms with Crippen molar-refractivity contribution in [2.24, 2.45) is 0 Å². The topological polar surface area (TPSA) is 80.8 Å². The van der Waals surface area contributed by atoms with Crippen LogP contribution in [0.15, 0.2) is 42.7 Å². The number of hydrogen-bond donors (Lipinski definition) is 1. The summed E-state index contributed by atoms with van der Waals surface area (Å²) in [7, 11) is 0. The number of pyridine rings is 1. The first-order valence-corrected chi connectivity index (χ1v) is 8.12. The van der Waals surface area contributed by atoms with Crippen molar-refractivity contribution in [1.29, 1.82) is 0 Å². The van der Waals surface area contributed by atoms with E-state index in [1.165, 1.54) is 6.20 Å². The zero-order chi connectivity index (χ0) is 18.4. The van der Waals surface area contributed by atoms with E-state index >= 15 is 0 Å². The second-order valence-corrected chi connectivity index (χ2v) is 5.65. The molecule has 0 unspecified atom stereocenters. The molecule has 0 saturated carbocycles. The lowest BCUT2D eigenvalue weighted by Crippen LogP contribution is -2.42. The number of ether oxygens (including phenoxy) is 2. The van der Waals surface area contributed by atoms with Gasteiger partial charge in [-0.15, -0.1) is 0 Å². The van der Waals surface area contributed by atoms with E-state index in [9.17, 15) is 14.0 Å². The van der Waals surface area contributed by atoms with Crippen molar-refractivity contribution in [3.05, 3.63) is 54.1 Å². The van der Waals surface area contributed by atoms with Crippen molar-refractivity contribution < 1.29 is 23.5 Å². The fourth-order valence-corrected chi connectivity index (χ4v) is 2.42. The van der Waals surface area contributed by atoms with Crippen molar-refractivity contribution in [3.8, 4) is 5.75 Å². The molecule has 0 bridgehead atoms. The molecule has 2 amide bonds. The summed E-state index contributed by atoms with van der Waals surface area (Å²) in [5, 5.41) is 2.64. The van der Waals surface area contributed by atoms with Gasteiger partial charge in [-0.25, -0.2) is 4.39 Å². The maximum absolute atomic E-state index is 13.1. The van der Waals surface area contributed by atoms with E-state index in [0.717, 1.165) is 12.3 Å². The van der Waals surface area contributed by atoms with Crippen LogP contribution in [0.3, 0.4) is 0 Å². The van der Waals surface area contributed by atoms with Crippen LogP contribution in [0.1, 0.15) is 10.4 Å². The third-order valence-electron chi connectivity index (χ3n) is 3.81. The highest BCUT2D eigenvalue weighted by Gasteiger charge is 2.17. The van der Waals surface area contributed by atoms with Gasteiger partial charge in [0.15, 0.2) is 6.61 Å². The fraction of sp³-hybridized carbons (Fsp3) is 0.278. The SMILES string of the molecule is O=C(Nc1ccc(OCC(=O)N2CCOCC2)cc1)c1cncc(F)c1. The highest BCUT2D eigenvalue weighted by molar-refractivity contribution is 6.04. The monoisotopic (exact) mass is 359 g/mol. The molecule has 1 aromatic heterocycles. The minimum atomic E-state index is -0.577. The number of carbonyl (C=O) groups is 2. The molecular formula is C18H18FN3O4. The number of nitrogens with one attached hydrogen (secondary N) is 1. The summed E-state index contributed by atoms with van der Waals surface area (Å²) in [5.74, 6) is -0.624. The Bertz CT molecular complexity index is 776. The van der Waals surface area contributed by atoms with Crippen LogP contribution in [0.5, 0.6) is 5.75 Å². The number of halogens is 1. The molecule has 0 radical (unpaired) electrons. The lowest BCUT2D eigenvalue weighted by atomic mass is 10.2. The zero-order valence-electron chi connectivity index (χ0n) is 14.0. The number of amides is 2. The van der Waals surface area contributed by atoms with Crippen molar-refractivity contribution in [2.75, 3.05) is 38.2 Å². The molecule has 0 aliphatic carbocycles. The Morgan fingerprint density at radius 3 is 2.62 bits per heavy atom. The average molecular weight is 359 g/mol. The van der Waals surface area contributed by atoms with Crippen LogP contribution in [-0.2, 0) is 9.53 Å². The largest absolute Gasteiger partial charge is 0.484 e. The highest BCUT2D eigenvalue weighted by atomic mass is 19.1. The Balaban J connectivity index is 1.51. The lowest BCUT2D eigenvalue weighted by Gasteiger charge is -2.26. The molecule has 1 aliphatic rings. The average Bonchev–Trinajstić information content (AvgIpc) is 2.68. The fourth-order valence-electron chi connectivity index (χ4n) is 2.42. The summed E-state index contributed by atoms with van der Waals surface area (Å²) >= 11 is 0. The highest BCUT2D eigenvalue weighted by Crippen LogP contribution is 2.17. The maximum Gasteiger partial charge on any atom is 0.260 e. The van der Waals surface area contributed by atoms with Gasteiger partial charge < -0.3 is 19.7 Å². The molecule has 2 aromatic rings. The maximum atomic E-state index is 13.1. The Labute approximate surface area is 149 Å². The van der Waals surface area contributed by atoms with Crippen LogP contribution in [-0.4, -0.2) is 54.6 Å². The molecule has 26 heavy (non-hydrogen) atoms. The van der Waals surface area contributed by atoms with Gasteiger partial charge in [-0.1, -0.05) is 0 Å². The zero-order valence-corrected chi connectivity index (χ0v) is 14.0. The Hall–Kier alpha value is -3.00. The molecule has 136 valence electrons. The molecule has 1 aliphatic heterocycles. The summed E-state index contributed by atoms with van der Waals surface area (Å²) in [5.41, 5.74) is 0.646. The van der Waals surface area contributed by atoms with Gasteiger partial charge in [-0.3, -0.25) is 14.6 Å². The molecule has 0 spiro atoms. The van der Waals surface area contributed by atoms with Gasteiger partial charge in [0.05, 0.1) is 25.0 Å². The van der Waals surface area contributed by atoms with Crippen LogP contribution in [0.2, 0.25) is 0 Å². The van der Waals surface area contributed by atoms with E-state index in [-0.39, 0.29) is 18.1 Å². The van der Waals surface area contributed by atoms with Gasteiger partial charge in [-0.05, 0) is 30.3 Å². The molecule has 1 fully saturated rings. The minimum absolute atomic E-state index is 0.0549. The van der Waals surface area contributed by atoms with Gasteiger partial charge >= 0.3 is 0 Å². The number of anilines is 1. The number of morpholine rings is 1. The normalized spacial score (nSPS) is 14.0. The van der Waals surface area contributed by atoms with E-state index in [4.69, 9.17) is 9.47 Å². The van der Waals surface area contributed by atoms with Crippen molar-refractivity contribution >= 4 is 17.5 Å². The molecule has 1 aromatic carbocycles. The number of benzene rings is 1. The molecule has 8 heteroatoms. The van der Waals surface area contributed by atoms with Gasteiger partial charge in [0, 0.05) is 25.0 Å². The summed E-state index contributed by atoms with van der Waals surface area (Å²) in [6.07, 6.45) is 2.31. The van der Waals surface area contributed by atoms with Crippen LogP contribution in [0.25, 0.3) is 0 Å². The smallest absolute Gasteiger partial charge is 0.260 e. The second kappa shape index (κ2) is 8.39. The second-order valence-electron chi connectivity index (χ2n) is 5.65. The van der Waals surface area contributed by atoms with Gasteiger partial charge in [0.25, 0.3) is 11.8 Å². The van der Waals surface area contributed by atoms with E-state index in [1.807, 2.05) is 0 Å². The van der Waals surface area contributed by atoms with Gasteiger partial charge in [-0.2, -0.15) is 0 Å². The first-order chi connectivity index (χ1) is 12.6. The van der Waals surface area contributed by atoms with E-state index in [1.54, 1.807) is 29.2 Å². The van der Waals surface area contributed by atoms with Crippen molar-refractivity contribution in [2.45, 2.75) is 0 Å². The van der Waals surface area contributed by atoms with Crippen molar-refractivity contribution in [1.82, 2.24) is 9.88 Å². The van der Waals surface area contributed by atoms with Crippen LogP contribution < -0.4 is 10.1 Å². The summed E-state index contributed by atoms with van der Waals surface area (Å²) in [6.45, 7) is 2.17. The number of carbonyl (C=O) groups excluding carboxylic acids is 2. The van der Waals surface area contributed by atoms with E-state index in [2.05, 4.69) is 10.3 Å². The Morgan fingerprint density at radius 2 is 1.92 bits per heavy atom. The third kappa shape index (κ3) is 4.76. The number of rotatable bonds is 5. The predicted octanol–water partition coefficient (Wildman–Crippen LogP) is 1.71. The number of nitrogens with zero attached hydrogens (tertiary/aromatic N) is 2. The minimum Gasteiger partial charge on any atom is -0.484 e.